The van der Waals surface area contributed by atoms with E-state index in [2.05, 4.69) is 24.5 Å². The average molecular weight is 461 g/mol. The Bertz CT molecular complexity index is 1200. The van der Waals surface area contributed by atoms with Gasteiger partial charge in [-0.3, -0.25) is 14.5 Å². The number of likely N-dealkylation sites (N-methyl/N-ethyl adjacent to an activating group) is 1. The van der Waals surface area contributed by atoms with Gasteiger partial charge in [-0.15, -0.1) is 0 Å². The standard InChI is InChI=1S/C27H26FN3O3/c1-30(18-20-8-3-2-4-9-20)15-14-29-26(32)19-31-23-12-5-6-13-24(23)34-25(27(31)33)17-21-10-7-11-22(28)16-21/h2-13,16-17H,14-15,18-19H2,1H3,(H,29,32)/p+1. The molecule has 2 amide bonds. The van der Waals surface area contributed by atoms with Crippen LogP contribution in [0.5, 0.6) is 5.75 Å². The van der Waals surface area contributed by atoms with Crippen LogP contribution >= 0.6 is 0 Å². The van der Waals surface area contributed by atoms with Gasteiger partial charge in [-0.05, 0) is 35.9 Å². The van der Waals surface area contributed by atoms with Crippen molar-refractivity contribution >= 4 is 23.6 Å². The fourth-order valence-corrected chi connectivity index (χ4v) is 3.81. The Balaban J connectivity index is 1.40. The van der Waals surface area contributed by atoms with Crippen molar-refractivity contribution in [2.45, 2.75) is 6.54 Å². The molecule has 0 saturated carbocycles. The van der Waals surface area contributed by atoms with E-state index < -0.39 is 11.7 Å². The van der Waals surface area contributed by atoms with Gasteiger partial charge in [0.15, 0.2) is 11.5 Å². The number of nitrogens with one attached hydrogen (secondary N) is 2. The molecule has 6 nitrogen and oxygen atoms in total. The van der Waals surface area contributed by atoms with Gasteiger partial charge in [0.25, 0.3) is 5.91 Å². The maximum atomic E-state index is 13.6. The normalized spacial score (nSPS) is 14.9. The second-order valence-electron chi connectivity index (χ2n) is 8.24. The first-order valence-corrected chi connectivity index (χ1v) is 11.2. The van der Waals surface area contributed by atoms with E-state index in [1.54, 1.807) is 36.4 Å². The van der Waals surface area contributed by atoms with Gasteiger partial charge in [0, 0.05) is 5.56 Å². The van der Waals surface area contributed by atoms with Crippen LogP contribution in [0, 0.1) is 5.82 Å². The second kappa shape index (κ2) is 10.8. The van der Waals surface area contributed by atoms with Crippen molar-refractivity contribution < 1.29 is 23.6 Å². The Hall–Kier alpha value is -3.97. The summed E-state index contributed by atoms with van der Waals surface area (Å²) in [5, 5.41) is 2.91. The molecule has 0 spiro atoms. The van der Waals surface area contributed by atoms with Gasteiger partial charge in [0.1, 0.15) is 18.9 Å². The van der Waals surface area contributed by atoms with Crippen LogP contribution in [0.3, 0.4) is 0 Å². The lowest BCUT2D eigenvalue weighted by Gasteiger charge is -2.30. The number of quaternary nitrogens is 1. The van der Waals surface area contributed by atoms with E-state index in [1.165, 1.54) is 33.6 Å². The molecule has 0 bridgehead atoms. The van der Waals surface area contributed by atoms with Crippen LogP contribution in [0.4, 0.5) is 10.1 Å². The highest BCUT2D eigenvalue weighted by Crippen LogP contribution is 2.35. The van der Waals surface area contributed by atoms with Crippen molar-refractivity contribution in [2.24, 2.45) is 0 Å². The van der Waals surface area contributed by atoms with Crippen LogP contribution < -0.4 is 19.9 Å². The molecule has 2 N–H and O–H groups in total. The number of anilines is 1. The Morgan fingerprint density at radius 3 is 2.62 bits per heavy atom. The predicted molar refractivity (Wildman–Crippen MR) is 129 cm³/mol. The molecule has 1 aliphatic rings. The summed E-state index contributed by atoms with van der Waals surface area (Å²) in [4.78, 5) is 28.5. The molecule has 34 heavy (non-hydrogen) atoms. The van der Waals surface area contributed by atoms with Crippen LogP contribution in [0.25, 0.3) is 6.08 Å². The summed E-state index contributed by atoms with van der Waals surface area (Å²) in [6.07, 6.45) is 1.48. The van der Waals surface area contributed by atoms with E-state index >= 15 is 0 Å². The van der Waals surface area contributed by atoms with Gasteiger partial charge in [-0.25, -0.2) is 4.39 Å². The monoisotopic (exact) mass is 460 g/mol. The first kappa shape index (κ1) is 23.2. The van der Waals surface area contributed by atoms with Gasteiger partial charge in [-0.1, -0.05) is 54.6 Å². The number of fused-ring (bicyclic) bond motifs is 1. The first-order valence-electron chi connectivity index (χ1n) is 11.2. The second-order valence-corrected chi connectivity index (χ2v) is 8.24. The summed E-state index contributed by atoms with van der Waals surface area (Å²) < 4.78 is 19.4. The Morgan fingerprint density at radius 1 is 1.06 bits per heavy atom. The minimum absolute atomic E-state index is 0.0316. The van der Waals surface area contributed by atoms with Gasteiger partial charge < -0.3 is 15.0 Å². The molecule has 1 heterocycles. The number of carbonyl (C=O) groups excluding carboxylic acids is 2. The SMILES string of the molecule is C[NH+](CCNC(=O)CN1C(=O)C(=Cc2cccc(F)c2)Oc2ccccc21)Cc1ccccc1. The van der Waals surface area contributed by atoms with E-state index in [4.69, 9.17) is 4.74 Å². The van der Waals surface area contributed by atoms with E-state index in [0.717, 1.165) is 13.1 Å². The zero-order valence-electron chi connectivity index (χ0n) is 19.0. The summed E-state index contributed by atoms with van der Waals surface area (Å²) in [5.74, 6) is -0.630. The number of benzene rings is 3. The minimum Gasteiger partial charge on any atom is -0.449 e. The summed E-state index contributed by atoms with van der Waals surface area (Å²) in [6, 6.07) is 23.1. The van der Waals surface area contributed by atoms with Gasteiger partial charge in [0.2, 0.25) is 5.91 Å². The molecule has 0 saturated heterocycles. The molecular weight excluding hydrogens is 433 g/mol. The zero-order chi connectivity index (χ0) is 23.9. The lowest BCUT2D eigenvalue weighted by Crippen LogP contribution is -3.08. The molecule has 7 heteroatoms. The van der Waals surface area contributed by atoms with Gasteiger partial charge in [0.05, 0.1) is 25.8 Å². The molecule has 3 aromatic carbocycles. The fraction of sp³-hybridized carbons (Fsp3) is 0.185. The number of amides is 2. The summed E-state index contributed by atoms with van der Waals surface area (Å²) >= 11 is 0. The highest BCUT2D eigenvalue weighted by Gasteiger charge is 2.31. The van der Waals surface area contributed by atoms with Crippen LogP contribution in [0.2, 0.25) is 0 Å². The largest absolute Gasteiger partial charge is 0.449 e. The molecule has 3 aromatic rings. The summed E-state index contributed by atoms with van der Waals surface area (Å²) in [7, 11) is 2.07. The molecule has 1 atom stereocenters. The fourth-order valence-electron chi connectivity index (χ4n) is 3.81. The van der Waals surface area contributed by atoms with Crippen molar-refractivity contribution in [3.63, 3.8) is 0 Å². The highest BCUT2D eigenvalue weighted by molar-refractivity contribution is 6.12. The topological polar surface area (TPSA) is 63.1 Å². The number of hydrogen-bond acceptors (Lipinski definition) is 3. The van der Waals surface area contributed by atoms with E-state index in [1.807, 2.05) is 18.2 Å². The quantitative estimate of drug-likeness (QED) is 0.508. The molecule has 1 unspecified atom stereocenters. The van der Waals surface area contributed by atoms with Crippen LogP contribution in [-0.2, 0) is 16.1 Å². The van der Waals surface area contributed by atoms with Crippen LogP contribution in [0.15, 0.2) is 84.6 Å². The number of carbonyl (C=O) groups is 2. The first-order chi connectivity index (χ1) is 16.5. The summed E-state index contributed by atoms with van der Waals surface area (Å²) in [5.41, 5.74) is 2.25. The molecule has 0 aromatic heterocycles. The molecule has 174 valence electrons. The molecule has 0 fully saturated rings. The third-order valence-electron chi connectivity index (χ3n) is 5.50. The zero-order valence-corrected chi connectivity index (χ0v) is 19.0. The number of rotatable bonds is 8. The van der Waals surface area contributed by atoms with Crippen molar-refractivity contribution in [3.05, 3.63) is 102 Å². The molecule has 0 radical (unpaired) electrons. The van der Waals surface area contributed by atoms with Crippen LogP contribution in [0.1, 0.15) is 11.1 Å². The van der Waals surface area contributed by atoms with E-state index in [0.29, 0.717) is 23.5 Å². The lowest BCUT2D eigenvalue weighted by molar-refractivity contribution is -0.892. The predicted octanol–water partition coefficient (Wildman–Crippen LogP) is 2.42. The number of halogens is 1. The molecule has 1 aliphatic heterocycles. The number of ether oxygens (including phenoxy) is 1. The Morgan fingerprint density at radius 2 is 1.82 bits per heavy atom. The van der Waals surface area contributed by atoms with Crippen molar-refractivity contribution in [2.75, 3.05) is 31.6 Å². The molecule has 4 rings (SSSR count). The average Bonchev–Trinajstić information content (AvgIpc) is 2.82. The number of hydrogen-bond donors (Lipinski definition) is 2. The third kappa shape index (κ3) is 5.88. The third-order valence-corrected chi connectivity index (χ3v) is 5.50. The maximum absolute atomic E-state index is 13.6. The van der Waals surface area contributed by atoms with Gasteiger partial charge >= 0.3 is 0 Å². The lowest BCUT2D eigenvalue weighted by atomic mass is 10.1. The molecule has 0 aliphatic carbocycles. The minimum atomic E-state index is -0.454. The van der Waals surface area contributed by atoms with Crippen LogP contribution in [-0.4, -0.2) is 38.5 Å². The van der Waals surface area contributed by atoms with Crippen molar-refractivity contribution in [1.82, 2.24) is 5.32 Å². The summed E-state index contributed by atoms with van der Waals surface area (Å²) in [6.45, 7) is 1.96. The highest BCUT2D eigenvalue weighted by atomic mass is 19.1. The Kier molecular flexibility index (Phi) is 7.34. The molecular formula is C27H27FN3O3+. The number of para-hydroxylation sites is 2. The van der Waals surface area contributed by atoms with Crippen molar-refractivity contribution in [1.29, 1.82) is 0 Å². The van der Waals surface area contributed by atoms with E-state index in [9.17, 15) is 14.0 Å². The van der Waals surface area contributed by atoms with Gasteiger partial charge in [-0.2, -0.15) is 0 Å². The van der Waals surface area contributed by atoms with Crippen molar-refractivity contribution in [3.8, 4) is 5.75 Å². The van der Waals surface area contributed by atoms with E-state index in [-0.39, 0.29) is 18.2 Å². The maximum Gasteiger partial charge on any atom is 0.294 e. The number of nitrogens with zero attached hydrogens (tertiary/aromatic N) is 1. The smallest absolute Gasteiger partial charge is 0.294 e. The Labute approximate surface area is 198 Å².